The molecule has 0 aliphatic carbocycles. The maximum Gasteiger partial charge on any atom is 0.410 e. The molecule has 0 spiro atoms. The van der Waals surface area contributed by atoms with E-state index in [9.17, 15) is 9.59 Å². The standard InChI is InChI=1S/C16H23ClN2O4/c1-16(2,3)23-15(21)19(8-7-14(20)22-4)10-11-5-6-12(17)9-13(11)18/h5-6,9H,7-8,10,18H2,1-4H3. The Hall–Kier alpha value is -1.95. The third-order valence-corrected chi connectivity index (χ3v) is 3.17. The van der Waals surface area contributed by atoms with Crippen LogP contribution >= 0.6 is 11.6 Å². The summed E-state index contributed by atoms with van der Waals surface area (Å²) < 4.78 is 9.98. The van der Waals surface area contributed by atoms with Crippen molar-refractivity contribution in [3.63, 3.8) is 0 Å². The SMILES string of the molecule is COC(=O)CCN(Cc1ccc(Cl)cc1N)C(=O)OC(C)(C)C. The summed E-state index contributed by atoms with van der Waals surface area (Å²) >= 11 is 5.88. The third-order valence-electron chi connectivity index (χ3n) is 2.93. The van der Waals surface area contributed by atoms with Crippen LogP contribution in [0.1, 0.15) is 32.8 Å². The molecular weight excluding hydrogens is 320 g/mol. The lowest BCUT2D eigenvalue weighted by Crippen LogP contribution is -2.37. The zero-order chi connectivity index (χ0) is 17.6. The van der Waals surface area contributed by atoms with Gasteiger partial charge in [-0.1, -0.05) is 17.7 Å². The van der Waals surface area contributed by atoms with E-state index in [2.05, 4.69) is 4.74 Å². The van der Waals surface area contributed by atoms with Crippen LogP contribution in [0, 0.1) is 0 Å². The van der Waals surface area contributed by atoms with Gasteiger partial charge in [0.2, 0.25) is 0 Å². The predicted molar refractivity (Wildman–Crippen MR) is 89.1 cm³/mol. The van der Waals surface area contributed by atoms with E-state index in [1.54, 1.807) is 39.0 Å². The minimum atomic E-state index is -0.633. The Bertz CT molecular complexity index is 570. The number of anilines is 1. The lowest BCUT2D eigenvalue weighted by molar-refractivity contribution is -0.140. The fraction of sp³-hybridized carbons (Fsp3) is 0.500. The van der Waals surface area contributed by atoms with Gasteiger partial charge in [0.15, 0.2) is 0 Å². The number of hydrogen-bond donors (Lipinski definition) is 1. The number of nitrogen functional groups attached to an aromatic ring is 1. The molecule has 0 atom stereocenters. The zero-order valence-corrected chi connectivity index (χ0v) is 14.6. The van der Waals surface area contributed by atoms with E-state index >= 15 is 0 Å². The first-order valence-electron chi connectivity index (χ1n) is 7.21. The first-order chi connectivity index (χ1) is 10.6. The number of carbonyl (C=O) groups is 2. The van der Waals surface area contributed by atoms with Gasteiger partial charge in [0.05, 0.1) is 20.1 Å². The van der Waals surface area contributed by atoms with Crippen molar-refractivity contribution in [2.45, 2.75) is 39.3 Å². The minimum Gasteiger partial charge on any atom is -0.469 e. The average Bonchev–Trinajstić information content (AvgIpc) is 2.43. The van der Waals surface area contributed by atoms with Crippen molar-refractivity contribution in [1.82, 2.24) is 4.90 Å². The largest absolute Gasteiger partial charge is 0.469 e. The number of ether oxygens (including phenoxy) is 2. The summed E-state index contributed by atoms with van der Waals surface area (Å²) in [6, 6.07) is 5.05. The van der Waals surface area contributed by atoms with Crippen LogP contribution in [-0.4, -0.2) is 36.2 Å². The van der Waals surface area contributed by atoms with Crippen molar-refractivity contribution < 1.29 is 19.1 Å². The zero-order valence-electron chi connectivity index (χ0n) is 13.9. The molecule has 1 amide bonds. The van der Waals surface area contributed by atoms with E-state index in [-0.39, 0.29) is 19.5 Å². The Morgan fingerprint density at radius 1 is 1.30 bits per heavy atom. The fourth-order valence-corrected chi connectivity index (χ4v) is 1.99. The summed E-state index contributed by atoms with van der Waals surface area (Å²) in [4.78, 5) is 25.1. The number of rotatable bonds is 5. The van der Waals surface area contributed by atoms with Crippen molar-refractivity contribution in [3.05, 3.63) is 28.8 Å². The molecule has 6 nitrogen and oxygen atoms in total. The second-order valence-corrected chi connectivity index (χ2v) is 6.51. The van der Waals surface area contributed by atoms with Gasteiger partial charge in [-0.2, -0.15) is 0 Å². The van der Waals surface area contributed by atoms with Crippen molar-refractivity contribution in [1.29, 1.82) is 0 Å². The van der Waals surface area contributed by atoms with Gasteiger partial charge in [-0.05, 0) is 38.5 Å². The summed E-state index contributed by atoms with van der Waals surface area (Å²) in [5, 5.41) is 0.518. The van der Waals surface area contributed by atoms with Crippen LogP contribution in [0.2, 0.25) is 5.02 Å². The molecule has 0 bridgehead atoms. The van der Waals surface area contributed by atoms with Crippen LogP contribution in [0.15, 0.2) is 18.2 Å². The summed E-state index contributed by atoms with van der Waals surface area (Å²) in [5.74, 6) is -0.400. The lowest BCUT2D eigenvalue weighted by atomic mass is 10.1. The van der Waals surface area contributed by atoms with Crippen molar-refractivity contribution in [2.24, 2.45) is 0 Å². The molecule has 0 saturated heterocycles. The van der Waals surface area contributed by atoms with Crippen LogP contribution in [0.4, 0.5) is 10.5 Å². The van der Waals surface area contributed by atoms with Crippen LogP contribution < -0.4 is 5.73 Å². The molecule has 1 aromatic rings. The van der Waals surface area contributed by atoms with E-state index in [0.29, 0.717) is 10.7 Å². The molecule has 0 fully saturated rings. The van der Waals surface area contributed by atoms with Gasteiger partial charge in [0, 0.05) is 17.3 Å². The first kappa shape index (κ1) is 19.1. The average molecular weight is 343 g/mol. The predicted octanol–water partition coefficient (Wildman–Crippen LogP) is 3.22. The maximum absolute atomic E-state index is 12.3. The molecule has 2 N–H and O–H groups in total. The highest BCUT2D eigenvalue weighted by Crippen LogP contribution is 2.21. The van der Waals surface area contributed by atoms with Crippen molar-refractivity contribution in [2.75, 3.05) is 19.4 Å². The van der Waals surface area contributed by atoms with Crippen LogP contribution in [0.3, 0.4) is 0 Å². The minimum absolute atomic E-state index is 0.0727. The quantitative estimate of drug-likeness (QED) is 0.656. The van der Waals surface area contributed by atoms with Gasteiger partial charge in [-0.25, -0.2) is 4.79 Å². The molecule has 0 unspecified atom stereocenters. The highest BCUT2D eigenvalue weighted by Gasteiger charge is 2.23. The number of carbonyl (C=O) groups excluding carboxylic acids is 2. The lowest BCUT2D eigenvalue weighted by Gasteiger charge is -2.27. The van der Waals surface area contributed by atoms with Crippen LogP contribution in [0.25, 0.3) is 0 Å². The molecule has 1 rings (SSSR count). The number of methoxy groups -OCH3 is 1. The van der Waals surface area contributed by atoms with Gasteiger partial charge in [-0.15, -0.1) is 0 Å². The number of esters is 1. The molecule has 23 heavy (non-hydrogen) atoms. The topological polar surface area (TPSA) is 81.9 Å². The van der Waals surface area contributed by atoms with E-state index in [0.717, 1.165) is 5.56 Å². The Labute approximate surface area is 141 Å². The van der Waals surface area contributed by atoms with Crippen molar-refractivity contribution in [3.8, 4) is 0 Å². The molecule has 1 aromatic carbocycles. The monoisotopic (exact) mass is 342 g/mol. The smallest absolute Gasteiger partial charge is 0.410 e. The second-order valence-electron chi connectivity index (χ2n) is 6.07. The van der Waals surface area contributed by atoms with E-state index in [4.69, 9.17) is 22.1 Å². The summed E-state index contributed by atoms with van der Waals surface area (Å²) in [7, 11) is 1.30. The van der Waals surface area contributed by atoms with Gasteiger partial charge >= 0.3 is 12.1 Å². The first-order valence-corrected chi connectivity index (χ1v) is 7.59. The van der Waals surface area contributed by atoms with Gasteiger partial charge in [0.1, 0.15) is 5.60 Å². The Morgan fingerprint density at radius 2 is 1.96 bits per heavy atom. The van der Waals surface area contributed by atoms with Crippen LogP contribution in [-0.2, 0) is 20.8 Å². The number of nitrogens with zero attached hydrogens (tertiary/aromatic N) is 1. The summed E-state index contributed by atoms with van der Waals surface area (Å²) in [5.41, 5.74) is 6.49. The number of halogens is 1. The number of benzene rings is 1. The summed E-state index contributed by atoms with van der Waals surface area (Å²) in [6.45, 7) is 5.72. The van der Waals surface area contributed by atoms with Crippen LogP contribution in [0.5, 0.6) is 0 Å². The number of hydrogen-bond acceptors (Lipinski definition) is 5. The fourth-order valence-electron chi connectivity index (χ4n) is 1.81. The molecule has 0 heterocycles. The maximum atomic E-state index is 12.3. The Balaban J connectivity index is 2.89. The van der Waals surface area contributed by atoms with Crippen molar-refractivity contribution >= 4 is 29.4 Å². The van der Waals surface area contributed by atoms with E-state index in [1.165, 1.54) is 12.0 Å². The molecule has 0 aliphatic heterocycles. The molecule has 0 radical (unpaired) electrons. The Kier molecular flexibility index (Phi) is 6.69. The second kappa shape index (κ2) is 8.06. The molecule has 0 aliphatic rings. The molecule has 7 heteroatoms. The third kappa shape index (κ3) is 6.78. The Morgan fingerprint density at radius 3 is 2.48 bits per heavy atom. The molecular formula is C16H23ClN2O4. The highest BCUT2D eigenvalue weighted by molar-refractivity contribution is 6.30. The van der Waals surface area contributed by atoms with E-state index < -0.39 is 17.7 Å². The van der Waals surface area contributed by atoms with E-state index in [1.807, 2.05) is 0 Å². The van der Waals surface area contributed by atoms with Gasteiger partial charge in [-0.3, -0.25) is 4.79 Å². The number of nitrogens with two attached hydrogens (primary N) is 1. The summed E-state index contributed by atoms with van der Waals surface area (Å²) in [6.07, 6.45) is -0.445. The van der Waals surface area contributed by atoms with Gasteiger partial charge in [0.25, 0.3) is 0 Å². The molecule has 0 saturated carbocycles. The molecule has 0 aromatic heterocycles. The molecule has 128 valence electrons. The van der Waals surface area contributed by atoms with Gasteiger partial charge < -0.3 is 20.1 Å². The number of amides is 1. The highest BCUT2D eigenvalue weighted by atomic mass is 35.5. The normalized spacial score (nSPS) is 11.0.